The fourth-order valence-corrected chi connectivity index (χ4v) is 4.12. The lowest BCUT2D eigenvalue weighted by Crippen LogP contribution is -2.25. The number of fused-ring (bicyclic) bond motifs is 1. The van der Waals surface area contributed by atoms with Crippen LogP contribution in [-0.4, -0.2) is 41.5 Å². The number of thioether (sulfide) groups is 1. The molecule has 0 saturated carbocycles. The van der Waals surface area contributed by atoms with Crippen molar-refractivity contribution in [2.45, 2.75) is 24.4 Å². The summed E-state index contributed by atoms with van der Waals surface area (Å²) < 4.78 is 6.56. The highest BCUT2D eigenvalue weighted by Crippen LogP contribution is 2.23. The van der Waals surface area contributed by atoms with Gasteiger partial charge < -0.3 is 10.1 Å². The minimum atomic E-state index is -0.138. The first-order chi connectivity index (χ1) is 14.6. The highest BCUT2D eigenvalue weighted by atomic mass is 35.5. The van der Waals surface area contributed by atoms with Gasteiger partial charge in [0.2, 0.25) is 5.91 Å². The summed E-state index contributed by atoms with van der Waals surface area (Å²) in [5.74, 6) is 0.682. The van der Waals surface area contributed by atoms with Crippen LogP contribution in [0.4, 0.5) is 0 Å². The van der Waals surface area contributed by atoms with E-state index >= 15 is 0 Å². The summed E-state index contributed by atoms with van der Waals surface area (Å²) in [5, 5.41) is 4.57. The number of carbonyl (C=O) groups excluding carboxylic acids is 1. The van der Waals surface area contributed by atoms with Crippen LogP contribution in [0.3, 0.4) is 0 Å². The molecule has 0 spiro atoms. The molecule has 2 aromatic carbocycles. The van der Waals surface area contributed by atoms with E-state index in [1.165, 1.54) is 11.8 Å². The second kappa shape index (κ2) is 11.2. The van der Waals surface area contributed by atoms with Gasteiger partial charge in [0.05, 0.1) is 16.6 Å². The van der Waals surface area contributed by atoms with Gasteiger partial charge in [-0.05, 0) is 43.2 Å². The molecule has 30 heavy (non-hydrogen) atoms. The summed E-state index contributed by atoms with van der Waals surface area (Å²) >= 11 is 7.61. The number of methoxy groups -OCH3 is 1. The number of hydrogen-bond acceptors (Lipinski definition) is 5. The van der Waals surface area contributed by atoms with Crippen molar-refractivity contribution in [3.05, 3.63) is 63.9 Å². The first-order valence-corrected chi connectivity index (χ1v) is 11.1. The Kier molecular flexibility index (Phi) is 8.30. The summed E-state index contributed by atoms with van der Waals surface area (Å²) in [4.78, 5) is 29.8. The van der Waals surface area contributed by atoms with Crippen LogP contribution in [0.15, 0.2) is 58.5 Å². The van der Waals surface area contributed by atoms with Crippen LogP contribution in [0.5, 0.6) is 0 Å². The molecular weight excluding hydrogens is 422 g/mol. The predicted molar refractivity (Wildman–Crippen MR) is 122 cm³/mol. The molecule has 6 nitrogen and oxygen atoms in total. The van der Waals surface area contributed by atoms with Crippen LogP contribution in [0.25, 0.3) is 16.6 Å². The van der Waals surface area contributed by atoms with E-state index < -0.39 is 0 Å². The van der Waals surface area contributed by atoms with E-state index in [2.05, 4.69) is 5.32 Å². The number of amides is 1. The minimum absolute atomic E-state index is 0.0189. The van der Waals surface area contributed by atoms with Gasteiger partial charge in [-0.1, -0.05) is 41.6 Å². The molecule has 8 heteroatoms. The second-order valence-corrected chi connectivity index (χ2v) is 8.18. The fourth-order valence-electron chi connectivity index (χ4n) is 2.98. The lowest BCUT2D eigenvalue weighted by atomic mass is 10.2. The van der Waals surface area contributed by atoms with Crippen molar-refractivity contribution in [1.29, 1.82) is 0 Å². The van der Waals surface area contributed by atoms with Crippen LogP contribution in [0, 0.1) is 0 Å². The maximum atomic E-state index is 13.2. The molecule has 1 N–H and O–H groups in total. The maximum absolute atomic E-state index is 13.2. The Bertz CT molecular complexity index is 1070. The minimum Gasteiger partial charge on any atom is -0.385 e. The Morgan fingerprint density at radius 2 is 2.03 bits per heavy atom. The summed E-state index contributed by atoms with van der Waals surface area (Å²) in [7, 11) is 1.64. The Morgan fingerprint density at radius 3 is 2.83 bits per heavy atom. The standard InChI is InChI=1S/C22H24ClN3O3S/c1-29-13-6-12-24-20(27)11-5-14-30-22-25-19-10-3-2-9-18(19)21(28)26(22)17-8-4-7-16(23)15-17/h2-4,7-10,15H,5-6,11-14H2,1H3,(H,24,27). The van der Waals surface area contributed by atoms with Crippen molar-refractivity contribution < 1.29 is 9.53 Å². The summed E-state index contributed by atoms with van der Waals surface area (Å²) in [6.45, 7) is 1.24. The van der Waals surface area contributed by atoms with Crippen molar-refractivity contribution in [3.63, 3.8) is 0 Å². The van der Waals surface area contributed by atoms with Gasteiger partial charge in [-0.3, -0.25) is 14.2 Å². The van der Waals surface area contributed by atoms with E-state index in [9.17, 15) is 9.59 Å². The SMILES string of the molecule is COCCCNC(=O)CCCSc1nc2ccccc2c(=O)n1-c1cccc(Cl)c1. The van der Waals surface area contributed by atoms with Crippen LogP contribution in [-0.2, 0) is 9.53 Å². The van der Waals surface area contributed by atoms with E-state index in [4.69, 9.17) is 21.3 Å². The number of nitrogens with zero attached hydrogens (tertiary/aromatic N) is 2. The zero-order valence-corrected chi connectivity index (χ0v) is 18.3. The molecule has 1 amide bonds. The summed E-state index contributed by atoms with van der Waals surface area (Å²) in [5.41, 5.74) is 1.18. The molecule has 1 aromatic heterocycles. The third-order valence-corrected chi connectivity index (χ3v) is 5.70. The molecule has 3 rings (SSSR count). The van der Waals surface area contributed by atoms with Crippen LogP contribution in [0.2, 0.25) is 5.02 Å². The largest absolute Gasteiger partial charge is 0.385 e. The predicted octanol–water partition coefficient (Wildman–Crippen LogP) is 4.06. The van der Waals surface area contributed by atoms with Gasteiger partial charge in [0.1, 0.15) is 0 Å². The topological polar surface area (TPSA) is 73.2 Å². The lowest BCUT2D eigenvalue weighted by Gasteiger charge is -2.13. The Balaban J connectivity index is 1.74. The normalized spacial score (nSPS) is 11.0. The van der Waals surface area contributed by atoms with Gasteiger partial charge in [0.15, 0.2) is 5.16 Å². The number of rotatable bonds is 10. The smallest absolute Gasteiger partial charge is 0.266 e. The first kappa shape index (κ1) is 22.3. The van der Waals surface area contributed by atoms with E-state index in [0.717, 1.165) is 6.42 Å². The molecule has 0 fully saturated rings. The van der Waals surface area contributed by atoms with Gasteiger partial charge in [0.25, 0.3) is 5.56 Å². The van der Waals surface area contributed by atoms with E-state index in [-0.39, 0.29) is 11.5 Å². The van der Waals surface area contributed by atoms with Crippen molar-refractivity contribution in [2.24, 2.45) is 0 Å². The Hall–Kier alpha value is -2.35. The number of benzene rings is 2. The molecule has 0 saturated heterocycles. The van der Waals surface area contributed by atoms with Crippen LogP contribution >= 0.6 is 23.4 Å². The van der Waals surface area contributed by atoms with Crippen molar-refractivity contribution >= 4 is 40.2 Å². The second-order valence-electron chi connectivity index (χ2n) is 6.68. The average molecular weight is 446 g/mol. The molecule has 0 bridgehead atoms. The number of hydrogen-bond donors (Lipinski definition) is 1. The first-order valence-electron chi connectivity index (χ1n) is 9.76. The molecule has 1 heterocycles. The maximum Gasteiger partial charge on any atom is 0.266 e. The third kappa shape index (κ3) is 5.84. The number of nitrogens with one attached hydrogen (secondary N) is 1. The number of para-hydroxylation sites is 1. The van der Waals surface area contributed by atoms with Gasteiger partial charge in [0, 0.05) is 37.5 Å². The van der Waals surface area contributed by atoms with Crippen LogP contribution in [0.1, 0.15) is 19.3 Å². The average Bonchev–Trinajstić information content (AvgIpc) is 2.74. The zero-order valence-electron chi connectivity index (χ0n) is 16.8. The molecule has 3 aromatic rings. The van der Waals surface area contributed by atoms with Gasteiger partial charge in [-0.15, -0.1) is 0 Å². The van der Waals surface area contributed by atoms with Crippen LogP contribution < -0.4 is 10.9 Å². The molecule has 0 aliphatic carbocycles. The fraction of sp³-hybridized carbons (Fsp3) is 0.318. The molecule has 0 aliphatic rings. The van der Waals surface area contributed by atoms with Crippen molar-refractivity contribution in [3.8, 4) is 5.69 Å². The molecule has 0 radical (unpaired) electrons. The van der Waals surface area contributed by atoms with E-state index in [1.54, 1.807) is 29.9 Å². The third-order valence-electron chi connectivity index (χ3n) is 4.44. The highest BCUT2D eigenvalue weighted by molar-refractivity contribution is 7.99. The van der Waals surface area contributed by atoms with Gasteiger partial charge >= 0.3 is 0 Å². The summed E-state index contributed by atoms with van der Waals surface area (Å²) in [6.07, 6.45) is 1.90. The number of carbonyl (C=O) groups is 1. The van der Waals surface area contributed by atoms with Crippen molar-refractivity contribution in [1.82, 2.24) is 14.9 Å². The number of ether oxygens (including phenoxy) is 1. The van der Waals surface area contributed by atoms with Crippen molar-refractivity contribution in [2.75, 3.05) is 26.0 Å². The number of aromatic nitrogens is 2. The molecule has 0 atom stereocenters. The molecule has 0 unspecified atom stereocenters. The highest BCUT2D eigenvalue weighted by Gasteiger charge is 2.13. The molecule has 0 aliphatic heterocycles. The quantitative estimate of drug-likeness (QED) is 0.289. The zero-order chi connectivity index (χ0) is 21.3. The molecular formula is C22H24ClN3O3S. The van der Waals surface area contributed by atoms with E-state index in [1.807, 2.05) is 30.3 Å². The number of halogens is 1. The molecule has 158 valence electrons. The summed E-state index contributed by atoms with van der Waals surface area (Å²) in [6, 6.07) is 14.4. The van der Waals surface area contributed by atoms with E-state index in [0.29, 0.717) is 58.5 Å². The monoisotopic (exact) mass is 445 g/mol. The Labute approximate surface area is 184 Å². The Morgan fingerprint density at radius 1 is 1.20 bits per heavy atom. The lowest BCUT2D eigenvalue weighted by molar-refractivity contribution is -0.121. The van der Waals surface area contributed by atoms with Gasteiger partial charge in [-0.25, -0.2) is 4.98 Å². The van der Waals surface area contributed by atoms with Gasteiger partial charge in [-0.2, -0.15) is 0 Å².